The second-order valence-corrected chi connectivity index (χ2v) is 6.50. The van der Waals surface area contributed by atoms with Crippen molar-refractivity contribution >= 4 is 17.2 Å². The smallest absolute Gasteiger partial charge is 0.269 e. The van der Waals surface area contributed by atoms with Crippen molar-refractivity contribution in [1.29, 1.82) is 0 Å². The van der Waals surface area contributed by atoms with E-state index >= 15 is 0 Å². The molecule has 2 aromatic heterocycles. The van der Waals surface area contributed by atoms with Gasteiger partial charge in [-0.2, -0.15) is 5.10 Å². The largest absolute Gasteiger partial charge is 0.350 e. The zero-order valence-corrected chi connectivity index (χ0v) is 12.9. The summed E-state index contributed by atoms with van der Waals surface area (Å²) in [5.74, 6) is 0.375. The summed E-state index contributed by atoms with van der Waals surface area (Å²) in [7, 11) is 2.17. The van der Waals surface area contributed by atoms with Gasteiger partial charge in [-0.15, -0.1) is 11.3 Å². The van der Waals surface area contributed by atoms with E-state index in [1.807, 2.05) is 0 Å². The van der Waals surface area contributed by atoms with Gasteiger partial charge in [-0.3, -0.25) is 14.8 Å². The molecule has 0 spiro atoms. The van der Waals surface area contributed by atoms with Crippen LogP contribution >= 0.6 is 11.3 Å². The standard InChI is InChI=1S/C15H20N4OS/c1-19-8-2-4-11(14(19)13-5-3-9-21-13)10-16-15(20)12-6-7-17-18-12/h3,5-7,9,11,14H,2,4,8,10H2,1H3,(H,16,20)(H,17,18)/t11-,14+/m0/s1. The first kappa shape index (κ1) is 14.3. The molecular formula is C15H20N4OS. The number of aromatic nitrogens is 2. The van der Waals surface area contributed by atoms with E-state index in [0.717, 1.165) is 13.0 Å². The van der Waals surface area contributed by atoms with Gasteiger partial charge >= 0.3 is 0 Å². The highest BCUT2D eigenvalue weighted by atomic mass is 32.1. The molecule has 6 heteroatoms. The van der Waals surface area contributed by atoms with Gasteiger partial charge in [0.25, 0.3) is 5.91 Å². The molecule has 1 saturated heterocycles. The predicted octanol–water partition coefficient (Wildman–Crippen LogP) is 2.28. The van der Waals surface area contributed by atoms with Gasteiger partial charge in [-0.05, 0) is 49.9 Å². The number of likely N-dealkylation sites (tertiary alicyclic amines) is 1. The molecule has 1 aliphatic rings. The summed E-state index contributed by atoms with van der Waals surface area (Å²) >= 11 is 1.80. The Bertz CT molecular complexity index is 567. The first-order valence-electron chi connectivity index (χ1n) is 7.27. The minimum atomic E-state index is -0.0781. The molecule has 1 amide bonds. The van der Waals surface area contributed by atoms with Gasteiger partial charge in [-0.1, -0.05) is 6.07 Å². The average molecular weight is 304 g/mol. The van der Waals surface area contributed by atoms with Gasteiger partial charge in [0.2, 0.25) is 0 Å². The second-order valence-electron chi connectivity index (χ2n) is 5.52. The zero-order chi connectivity index (χ0) is 14.7. The third-order valence-electron chi connectivity index (χ3n) is 4.11. The number of thiophene rings is 1. The molecule has 3 rings (SSSR count). The molecule has 0 radical (unpaired) electrons. The monoisotopic (exact) mass is 304 g/mol. The van der Waals surface area contributed by atoms with E-state index in [4.69, 9.17) is 0 Å². The molecule has 0 aliphatic carbocycles. The fraction of sp³-hybridized carbons (Fsp3) is 0.467. The van der Waals surface area contributed by atoms with Crippen LogP contribution in [0, 0.1) is 5.92 Å². The minimum absolute atomic E-state index is 0.0781. The van der Waals surface area contributed by atoms with Gasteiger partial charge in [0.1, 0.15) is 5.69 Å². The Morgan fingerprint density at radius 3 is 3.19 bits per heavy atom. The van der Waals surface area contributed by atoms with Crippen LogP contribution in [-0.4, -0.2) is 41.1 Å². The Morgan fingerprint density at radius 2 is 2.48 bits per heavy atom. The number of hydrogen-bond donors (Lipinski definition) is 2. The minimum Gasteiger partial charge on any atom is -0.350 e. The topological polar surface area (TPSA) is 61.0 Å². The lowest BCUT2D eigenvalue weighted by Gasteiger charge is -2.38. The van der Waals surface area contributed by atoms with E-state index < -0.39 is 0 Å². The van der Waals surface area contributed by atoms with Crippen molar-refractivity contribution < 1.29 is 4.79 Å². The third-order valence-corrected chi connectivity index (χ3v) is 5.05. The molecular weight excluding hydrogens is 284 g/mol. The van der Waals surface area contributed by atoms with Crippen molar-refractivity contribution in [3.05, 3.63) is 40.3 Å². The van der Waals surface area contributed by atoms with Crippen LogP contribution in [-0.2, 0) is 0 Å². The Kier molecular flexibility index (Phi) is 4.36. The van der Waals surface area contributed by atoms with Crippen LogP contribution in [0.1, 0.15) is 34.2 Å². The maximum Gasteiger partial charge on any atom is 0.269 e. The fourth-order valence-corrected chi connectivity index (χ4v) is 4.07. The summed E-state index contributed by atoms with van der Waals surface area (Å²) < 4.78 is 0. The molecule has 2 aromatic rings. The maximum atomic E-state index is 12.0. The number of carbonyl (C=O) groups excluding carboxylic acids is 1. The van der Waals surface area contributed by atoms with E-state index in [-0.39, 0.29) is 5.91 Å². The lowest BCUT2D eigenvalue weighted by atomic mass is 9.88. The molecule has 112 valence electrons. The molecule has 21 heavy (non-hydrogen) atoms. The van der Waals surface area contributed by atoms with Gasteiger partial charge < -0.3 is 5.32 Å². The Morgan fingerprint density at radius 1 is 1.57 bits per heavy atom. The highest BCUT2D eigenvalue weighted by Crippen LogP contribution is 2.36. The maximum absolute atomic E-state index is 12.0. The van der Waals surface area contributed by atoms with Crippen LogP contribution in [0.4, 0.5) is 0 Å². The Labute approximate surface area is 128 Å². The van der Waals surface area contributed by atoms with E-state index in [1.54, 1.807) is 23.6 Å². The number of piperidine rings is 1. The van der Waals surface area contributed by atoms with Crippen molar-refractivity contribution in [1.82, 2.24) is 20.4 Å². The van der Waals surface area contributed by atoms with E-state index in [1.165, 1.54) is 11.3 Å². The third kappa shape index (κ3) is 3.16. The van der Waals surface area contributed by atoms with Crippen LogP contribution in [0.5, 0.6) is 0 Å². The number of amides is 1. The normalized spacial score (nSPS) is 23.1. The van der Waals surface area contributed by atoms with Gasteiger partial charge in [0, 0.05) is 23.7 Å². The second kappa shape index (κ2) is 6.41. The van der Waals surface area contributed by atoms with Gasteiger partial charge in [-0.25, -0.2) is 0 Å². The average Bonchev–Trinajstić information content (AvgIpc) is 3.17. The van der Waals surface area contributed by atoms with E-state index in [0.29, 0.717) is 24.2 Å². The lowest BCUT2D eigenvalue weighted by Crippen LogP contribution is -2.41. The Hall–Kier alpha value is -1.66. The molecule has 0 unspecified atom stereocenters. The van der Waals surface area contributed by atoms with Crippen LogP contribution in [0.15, 0.2) is 29.8 Å². The van der Waals surface area contributed by atoms with Gasteiger partial charge in [0.15, 0.2) is 0 Å². The van der Waals surface area contributed by atoms with Crippen molar-refractivity contribution in [2.45, 2.75) is 18.9 Å². The highest BCUT2D eigenvalue weighted by molar-refractivity contribution is 7.10. The quantitative estimate of drug-likeness (QED) is 0.911. The summed E-state index contributed by atoms with van der Waals surface area (Å²) in [6.07, 6.45) is 3.93. The van der Waals surface area contributed by atoms with Crippen LogP contribution in [0.25, 0.3) is 0 Å². The van der Waals surface area contributed by atoms with Gasteiger partial charge in [0.05, 0.1) is 0 Å². The summed E-state index contributed by atoms with van der Waals surface area (Å²) in [4.78, 5) is 15.8. The van der Waals surface area contributed by atoms with E-state index in [2.05, 4.69) is 45.0 Å². The molecule has 0 bridgehead atoms. The lowest BCUT2D eigenvalue weighted by molar-refractivity contribution is 0.0891. The number of H-pyrrole nitrogens is 1. The molecule has 3 heterocycles. The molecule has 5 nitrogen and oxygen atoms in total. The van der Waals surface area contributed by atoms with Crippen LogP contribution < -0.4 is 5.32 Å². The molecule has 1 fully saturated rings. The highest BCUT2D eigenvalue weighted by Gasteiger charge is 2.31. The molecule has 0 aromatic carbocycles. The molecule has 2 atom stereocenters. The van der Waals surface area contributed by atoms with E-state index in [9.17, 15) is 4.79 Å². The molecule has 2 N–H and O–H groups in total. The summed E-state index contributed by atoms with van der Waals surface area (Å²) in [5, 5.41) is 11.7. The first-order valence-corrected chi connectivity index (χ1v) is 8.15. The SMILES string of the molecule is CN1CCC[C@@H](CNC(=O)c2ccn[nH]2)[C@@H]1c1cccs1. The predicted molar refractivity (Wildman–Crippen MR) is 83.3 cm³/mol. The number of aromatic amines is 1. The fourth-order valence-electron chi connectivity index (χ4n) is 3.08. The Balaban J connectivity index is 1.66. The number of hydrogen-bond acceptors (Lipinski definition) is 4. The molecule has 1 aliphatic heterocycles. The zero-order valence-electron chi connectivity index (χ0n) is 12.1. The summed E-state index contributed by atoms with van der Waals surface area (Å²) in [5.41, 5.74) is 0.520. The van der Waals surface area contributed by atoms with Crippen LogP contribution in [0.2, 0.25) is 0 Å². The number of nitrogens with one attached hydrogen (secondary N) is 2. The number of rotatable bonds is 4. The van der Waals surface area contributed by atoms with Crippen molar-refractivity contribution in [3.8, 4) is 0 Å². The molecule has 0 saturated carbocycles. The summed E-state index contributed by atoms with van der Waals surface area (Å²) in [6.45, 7) is 1.82. The number of carbonyl (C=O) groups is 1. The first-order chi connectivity index (χ1) is 10.3. The number of nitrogens with zero attached hydrogens (tertiary/aromatic N) is 2. The summed E-state index contributed by atoms with van der Waals surface area (Å²) in [6, 6.07) is 6.39. The van der Waals surface area contributed by atoms with Crippen LogP contribution in [0.3, 0.4) is 0 Å². The van der Waals surface area contributed by atoms with Crippen molar-refractivity contribution in [2.75, 3.05) is 20.1 Å². The van der Waals surface area contributed by atoms with Crippen molar-refractivity contribution in [2.24, 2.45) is 5.92 Å². The van der Waals surface area contributed by atoms with Crippen molar-refractivity contribution in [3.63, 3.8) is 0 Å².